The molecule has 1 unspecified atom stereocenters. The van der Waals surface area contributed by atoms with Crippen LogP contribution in [0.25, 0.3) is 22.9 Å². The molecule has 2 aromatic heterocycles. The third-order valence-electron chi connectivity index (χ3n) is 10.7. The van der Waals surface area contributed by atoms with Gasteiger partial charge in [-0.1, -0.05) is 103 Å². The van der Waals surface area contributed by atoms with Gasteiger partial charge in [-0.05, 0) is 127 Å². The Morgan fingerprint density at radius 1 is 0.862 bits per heavy atom. The SMILES string of the molecule is CCc1oc(-c2ccc(CC(C)C)cc2)nc1CO[C@H]1CCC[C@@H](COC(C)(Cc2ccccc2)C(=O)O)C1.CCc1oc(-c2ccc(CC(C)C)cc2C)nc1I. The van der Waals surface area contributed by atoms with E-state index in [-0.39, 0.29) is 12.0 Å². The fraction of sp³-hybridized carbons (Fsp3) is 0.490. The number of aliphatic carboxylic acids is 1. The molecule has 1 aliphatic rings. The second kappa shape index (κ2) is 21.5. The molecule has 0 bridgehead atoms. The van der Waals surface area contributed by atoms with E-state index in [1.165, 1.54) is 16.7 Å². The first-order valence-electron chi connectivity index (χ1n) is 21.1. The van der Waals surface area contributed by atoms with Crippen LogP contribution in [0, 0.1) is 28.4 Å². The van der Waals surface area contributed by atoms with Gasteiger partial charge in [-0.25, -0.2) is 14.8 Å². The van der Waals surface area contributed by atoms with Crippen molar-refractivity contribution >= 4 is 28.6 Å². The van der Waals surface area contributed by atoms with Crippen molar-refractivity contribution in [2.45, 2.75) is 131 Å². The topological polar surface area (TPSA) is 108 Å². The van der Waals surface area contributed by atoms with Crippen molar-refractivity contribution in [1.82, 2.24) is 9.97 Å². The number of ether oxygens (including phenoxy) is 2. The van der Waals surface area contributed by atoms with Crippen molar-refractivity contribution in [1.29, 1.82) is 0 Å². The molecule has 8 nitrogen and oxygen atoms in total. The summed E-state index contributed by atoms with van der Waals surface area (Å²) in [5, 5.41) is 9.90. The minimum Gasteiger partial charge on any atom is -0.479 e. The predicted molar refractivity (Wildman–Crippen MR) is 240 cm³/mol. The molecular formula is C49H63IN2O6. The molecule has 0 spiro atoms. The van der Waals surface area contributed by atoms with Crippen LogP contribution in [0.3, 0.4) is 0 Å². The number of oxazole rings is 2. The highest BCUT2D eigenvalue weighted by molar-refractivity contribution is 14.1. The summed E-state index contributed by atoms with van der Waals surface area (Å²) in [4.78, 5) is 21.4. The Morgan fingerprint density at radius 2 is 1.52 bits per heavy atom. The highest BCUT2D eigenvalue weighted by atomic mass is 127. The van der Waals surface area contributed by atoms with Crippen molar-refractivity contribution in [3.63, 3.8) is 0 Å². The zero-order valence-corrected chi connectivity index (χ0v) is 37.9. The molecule has 3 aromatic carbocycles. The third kappa shape index (κ3) is 12.8. The number of carboxylic acids is 1. The smallest absolute Gasteiger partial charge is 0.336 e. The zero-order valence-electron chi connectivity index (χ0n) is 35.8. The van der Waals surface area contributed by atoms with Crippen molar-refractivity contribution in [3.8, 4) is 22.9 Å². The molecule has 9 heteroatoms. The first-order valence-corrected chi connectivity index (χ1v) is 22.2. The number of carboxylic acid groups (broad SMARTS) is 1. The summed E-state index contributed by atoms with van der Waals surface area (Å²) < 4.78 is 25.3. The third-order valence-corrected chi connectivity index (χ3v) is 11.6. The fourth-order valence-electron chi connectivity index (χ4n) is 7.60. The molecule has 3 atom stereocenters. The average molecular weight is 903 g/mol. The Balaban J connectivity index is 0.000000281. The molecule has 0 amide bonds. The van der Waals surface area contributed by atoms with Crippen LogP contribution in [-0.2, 0) is 53.0 Å². The number of aryl methyl sites for hydroxylation is 3. The van der Waals surface area contributed by atoms with Gasteiger partial charge in [0.05, 0.1) is 19.3 Å². The molecular weight excluding hydrogens is 839 g/mol. The van der Waals surface area contributed by atoms with Gasteiger partial charge in [-0.2, -0.15) is 0 Å². The molecule has 1 N–H and O–H groups in total. The van der Waals surface area contributed by atoms with E-state index < -0.39 is 11.6 Å². The van der Waals surface area contributed by atoms with Crippen molar-refractivity contribution in [3.05, 3.63) is 116 Å². The number of aromatic nitrogens is 2. The second-order valence-corrected chi connectivity index (χ2v) is 17.9. The Kier molecular flexibility index (Phi) is 16.8. The van der Waals surface area contributed by atoms with E-state index in [0.29, 0.717) is 37.4 Å². The molecule has 312 valence electrons. The van der Waals surface area contributed by atoms with Gasteiger partial charge in [0.1, 0.15) is 20.9 Å². The van der Waals surface area contributed by atoms with E-state index in [2.05, 4.69) is 119 Å². The summed E-state index contributed by atoms with van der Waals surface area (Å²) in [6.45, 7) is 17.7. The molecule has 0 radical (unpaired) electrons. The molecule has 58 heavy (non-hydrogen) atoms. The Morgan fingerprint density at radius 3 is 2.14 bits per heavy atom. The van der Waals surface area contributed by atoms with Gasteiger partial charge in [0.25, 0.3) is 0 Å². The maximum Gasteiger partial charge on any atom is 0.336 e. The lowest BCUT2D eigenvalue weighted by atomic mass is 9.87. The molecule has 1 fully saturated rings. The Labute approximate surface area is 359 Å². The molecule has 5 aromatic rings. The summed E-state index contributed by atoms with van der Waals surface area (Å²) in [7, 11) is 0. The second-order valence-electron chi connectivity index (χ2n) is 16.8. The molecule has 2 heterocycles. The van der Waals surface area contributed by atoms with Gasteiger partial charge in [0, 0.05) is 30.4 Å². The van der Waals surface area contributed by atoms with Crippen LogP contribution in [0.1, 0.15) is 114 Å². The number of halogens is 1. The van der Waals surface area contributed by atoms with E-state index in [0.717, 1.165) is 94.9 Å². The highest BCUT2D eigenvalue weighted by Gasteiger charge is 2.36. The molecule has 1 aliphatic carbocycles. The number of rotatable bonds is 17. The van der Waals surface area contributed by atoms with E-state index in [1.807, 2.05) is 30.3 Å². The Hall–Kier alpha value is -3.80. The lowest BCUT2D eigenvalue weighted by Crippen LogP contribution is -2.42. The van der Waals surface area contributed by atoms with Crippen LogP contribution >= 0.6 is 22.6 Å². The van der Waals surface area contributed by atoms with Crippen molar-refractivity contribution < 1.29 is 28.2 Å². The summed E-state index contributed by atoms with van der Waals surface area (Å²) in [5.74, 6) is 3.86. The zero-order chi connectivity index (χ0) is 41.8. The van der Waals surface area contributed by atoms with Crippen LogP contribution in [-0.4, -0.2) is 39.4 Å². The van der Waals surface area contributed by atoms with Gasteiger partial charge in [-0.15, -0.1) is 0 Å². The van der Waals surface area contributed by atoms with E-state index in [1.54, 1.807) is 6.92 Å². The number of carbonyl (C=O) groups is 1. The van der Waals surface area contributed by atoms with Crippen LogP contribution in [0.4, 0.5) is 0 Å². The summed E-state index contributed by atoms with van der Waals surface area (Å²) in [5.41, 5.74) is 6.58. The number of benzene rings is 3. The van der Waals surface area contributed by atoms with E-state index in [4.69, 9.17) is 23.3 Å². The number of hydrogen-bond acceptors (Lipinski definition) is 7. The summed E-state index contributed by atoms with van der Waals surface area (Å²) >= 11 is 2.24. The minimum absolute atomic E-state index is 0.0951. The maximum atomic E-state index is 12.1. The standard InChI is InChI=1S/C33H43NO5.C16H20INO/c1-5-30-29(34-31(39-30)27-16-14-24(15-17-27)18-23(2)3)22-37-28-13-9-12-26(19-28)21-38-33(4,32(35)36)20-25-10-7-6-8-11-25;1-5-14-15(17)18-16(19-14)13-7-6-12(8-10(2)3)9-11(13)4/h6-8,10-11,14-17,23,26,28H,5,9,12-13,18-22H2,1-4H3,(H,35,36);6-7,9-10H,5,8H2,1-4H3/t26-,28+,33?;/m1./s1. The van der Waals surface area contributed by atoms with Gasteiger partial charge < -0.3 is 23.4 Å². The quantitative estimate of drug-likeness (QED) is 0.0920. The molecule has 0 aliphatic heterocycles. The predicted octanol–water partition coefficient (Wildman–Crippen LogP) is 12.3. The minimum atomic E-state index is -1.25. The summed E-state index contributed by atoms with van der Waals surface area (Å²) in [6, 6.07) is 24.7. The molecule has 0 saturated heterocycles. The van der Waals surface area contributed by atoms with E-state index in [9.17, 15) is 9.90 Å². The highest BCUT2D eigenvalue weighted by Crippen LogP contribution is 2.31. The van der Waals surface area contributed by atoms with Crippen LogP contribution in [0.2, 0.25) is 0 Å². The first kappa shape index (κ1) is 45.3. The first-order chi connectivity index (χ1) is 27.8. The van der Waals surface area contributed by atoms with Gasteiger partial charge in [0.2, 0.25) is 11.8 Å². The average Bonchev–Trinajstić information content (AvgIpc) is 3.79. The fourth-order valence-corrected chi connectivity index (χ4v) is 8.31. The van der Waals surface area contributed by atoms with Crippen LogP contribution in [0.5, 0.6) is 0 Å². The Bertz CT molecular complexity index is 2040. The molecule has 1 saturated carbocycles. The lowest BCUT2D eigenvalue weighted by Gasteiger charge is -2.32. The van der Waals surface area contributed by atoms with Gasteiger partial charge >= 0.3 is 5.97 Å². The van der Waals surface area contributed by atoms with Crippen molar-refractivity contribution in [2.75, 3.05) is 6.61 Å². The normalized spacial score (nSPS) is 16.6. The largest absolute Gasteiger partial charge is 0.479 e. The van der Waals surface area contributed by atoms with Crippen molar-refractivity contribution in [2.24, 2.45) is 17.8 Å². The number of hydrogen-bond donors (Lipinski definition) is 1. The maximum absolute atomic E-state index is 12.1. The van der Waals surface area contributed by atoms with Crippen LogP contribution in [0.15, 0.2) is 81.6 Å². The monoisotopic (exact) mass is 902 g/mol. The van der Waals surface area contributed by atoms with Crippen LogP contribution < -0.4 is 0 Å². The number of nitrogens with zero attached hydrogens (tertiary/aromatic N) is 2. The summed E-state index contributed by atoms with van der Waals surface area (Å²) in [6.07, 6.45) is 8.14. The van der Waals surface area contributed by atoms with Gasteiger partial charge in [0.15, 0.2) is 5.60 Å². The van der Waals surface area contributed by atoms with Gasteiger partial charge in [-0.3, -0.25) is 0 Å². The van der Waals surface area contributed by atoms with E-state index >= 15 is 0 Å². The lowest BCUT2D eigenvalue weighted by molar-refractivity contribution is -0.166. The molecule has 6 rings (SSSR count).